The minimum absolute atomic E-state index is 0.0696. The van der Waals surface area contributed by atoms with Crippen molar-refractivity contribution >= 4 is 5.97 Å². The molecule has 0 aliphatic carbocycles. The summed E-state index contributed by atoms with van der Waals surface area (Å²) >= 11 is 0. The maximum atomic E-state index is 12.0. The molecule has 0 spiro atoms. The Labute approximate surface area is 188 Å². The Kier molecular flexibility index (Phi) is 5.74. The van der Waals surface area contributed by atoms with E-state index in [2.05, 4.69) is 58.4 Å². The number of aromatic nitrogens is 6. The lowest BCUT2D eigenvalue weighted by Gasteiger charge is -2.19. The van der Waals surface area contributed by atoms with Gasteiger partial charge < -0.3 is 14.8 Å². The first-order valence-electron chi connectivity index (χ1n) is 10.1. The second-order valence-corrected chi connectivity index (χ2v) is 8.45. The number of benzene rings is 2. The van der Waals surface area contributed by atoms with Gasteiger partial charge in [0.05, 0.1) is 0 Å². The van der Waals surface area contributed by atoms with Gasteiger partial charge in [0, 0.05) is 11.8 Å². The Bertz CT molecular complexity index is 1340. The third-order valence-electron chi connectivity index (χ3n) is 5.07. The summed E-state index contributed by atoms with van der Waals surface area (Å²) in [7, 11) is 0. The molecule has 4 rings (SSSR count). The number of hydrogen-bond donors (Lipinski definition) is 2. The first-order valence-corrected chi connectivity index (χ1v) is 10.1. The Hall–Kier alpha value is -4.34. The quantitative estimate of drug-likeness (QED) is 0.461. The number of nitrogens with one attached hydrogen (secondary N) is 1. The molecule has 2 N–H and O–H groups in total. The predicted molar refractivity (Wildman–Crippen MR) is 119 cm³/mol. The van der Waals surface area contributed by atoms with Gasteiger partial charge in [-0.2, -0.15) is 4.68 Å². The molecule has 0 bridgehead atoms. The first kappa shape index (κ1) is 21.9. The normalized spacial score (nSPS) is 11.4. The van der Waals surface area contributed by atoms with E-state index >= 15 is 0 Å². The highest BCUT2D eigenvalue weighted by molar-refractivity contribution is 5.86. The van der Waals surface area contributed by atoms with Crippen LogP contribution in [0.2, 0.25) is 0 Å². The van der Waals surface area contributed by atoms with Gasteiger partial charge >= 0.3 is 5.97 Å². The number of tetrazole rings is 1. The lowest BCUT2D eigenvalue weighted by Crippen LogP contribution is -2.18. The van der Waals surface area contributed by atoms with Gasteiger partial charge in [-0.1, -0.05) is 45.0 Å². The summed E-state index contributed by atoms with van der Waals surface area (Å²) in [5, 5.41) is 20.3. The summed E-state index contributed by atoms with van der Waals surface area (Å²) in [5.41, 5.74) is 2.21. The molecule has 4 aromatic rings. The molecule has 2 aromatic heterocycles. The van der Waals surface area contributed by atoms with Crippen molar-refractivity contribution < 1.29 is 14.6 Å². The lowest BCUT2D eigenvalue weighted by atomic mass is 9.87. The largest absolute Gasteiger partial charge is 0.487 e. The highest BCUT2D eigenvalue weighted by atomic mass is 16.5. The molecule has 168 valence electrons. The zero-order chi connectivity index (χ0) is 23.6. The van der Waals surface area contributed by atoms with Crippen molar-refractivity contribution in [3.8, 4) is 22.8 Å². The summed E-state index contributed by atoms with van der Waals surface area (Å²) in [4.78, 5) is 29.7. The Morgan fingerprint density at radius 1 is 1.15 bits per heavy atom. The van der Waals surface area contributed by atoms with Crippen LogP contribution in [0.15, 0.2) is 59.8 Å². The molecule has 0 radical (unpaired) electrons. The smallest absolute Gasteiger partial charge is 0.342 e. The second-order valence-electron chi connectivity index (χ2n) is 8.45. The van der Waals surface area contributed by atoms with Crippen LogP contribution in [0.3, 0.4) is 0 Å². The van der Waals surface area contributed by atoms with Crippen LogP contribution < -0.4 is 10.3 Å². The summed E-state index contributed by atoms with van der Waals surface area (Å²) in [6, 6.07) is 13.4. The molecule has 0 saturated heterocycles. The topological polar surface area (TPSA) is 136 Å². The summed E-state index contributed by atoms with van der Waals surface area (Å²) in [6.07, 6.45) is 2.45. The summed E-state index contributed by atoms with van der Waals surface area (Å²) in [6.45, 7) is 6.82. The maximum absolute atomic E-state index is 12.0. The summed E-state index contributed by atoms with van der Waals surface area (Å²) in [5.74, 6) is -0.608. The number of hydrogen-bond acceptors (Lipinski definition) is 7. The van der Waals surface area contributed by atoms with Gasteiger partial charge in [0.2, 0.25) is 0 Å². The third-order valence-corrected chi connectivity index (χ3v) is 5.07. The minimum Gasteiger partial charge on any atom is -0.487 e. The molecular weight excluding hydrogens is 424 g/mol. The van der Waals surface area contributed by atoms with E-state index in [0.717, 1.165) is 11.8 Å². The molecule has 33 heavy (non-hydrogen) atoms. The molecule has 0 fully saturated rings. The van der Waals surface area contributed by atoms with Crippen LogP contribution in [0.1, 0.15) is 42.3 Å². The fourth-order valence-electron chi connectivity index (χ4n) is 3.19. The number of aromatic carboxylic acids is 1. The van der Waals surface area contributed by atoms with Gasteiger partial charge in [-0.3, -0.25) is 4.79 Å². The van der Waals surface area contributed by atoms with E-state index < -0.39 is 17.1 Å². The standard InChI is InChI=1S/C23H22N6O4/c1-23(2,3)16-7-4-14(5-8-16)12-33-19-9-6-15(10-18(19)29-13-25-27-28-29)20-24-11-17(22(31)32)21(30)26-20/h4-11,13H,12H2,1-3H3,(H,31,32)(H,24,26,30). The van der Waals surface area contributed by atoms with Gasteiger partial charge in [0.15, 0.2) is 0 Å². The van der Waals surface area contributed by atoms with Crippen LogP contribution in [-0.2, 0) is 12.0 Å². The van der Waals surface area contributed by atoms with Gasteiger partial charge in [-0.25, -0.2) is 9.78 Å². The Morgan fingerprint density at radius 3 is 2.52 bits per heavy atom. The van der Waals surface area contributed by atoms with Crippen molar-refractivity contribution in [1.82, 2.24) is 30.2 Å². The molecule has 10 nitrogen and oxygen atoms in total. The molecule has 10 heteroatoms. The molecule has 0 aliphatic rings. The fourth-order valence-corrected chi connectivity index (χ4v) is 3.19. The van der Waals surface area contributed by atoms with Gasteiger partial charge in [-0.15, -0.1) is 5.10 Å². The van der Waals surface area contributed by atoms with Crippen LogP contribution in [0.4, 0.5) is 0 Å². The average molecular weight is 446 g/mol. The number of carbonyl (C=O) groups is 1. The zero-order valence-corrected chi connectivity index (χ0v) is 18.3. The minimum atomic E-state index is -1.34. The van der Waals surface area contributed by atoms with Crippen molar-refractivity contribution in [2.75, 3.05) is 0 Å². The van der Waals surface area contributed by atoms with E-state index in [4.69, 9.17) is 9.84 Å². The van der Waals surface area contributed by atoms with Crippen molar-refractivity contribution in [2.24, 2.45) is 0 Å². The predicted octanol–water partition coefficient (Wildman–Crippen LogP) is 2.99. The van der Waals surface area contributed by atoms with Gasteiger partial charge in [0.1, 0.15) is 35.8 Å². The number of H-pyrrole nitrogens is 1. The Balaban J connectivity index is 1.63. The number of carboxylic acid groups (broad SMARTS) is 1. The maximum Gasteiger partial charge on any atom is 0.342 e. The molecule has 0 atom stereocenters. The molecule has 0 unspecified atom stereocenters. The molecule has 0 saturated carbocycles. The van der Waals surface area contributed by atoms with Crippen molar-refractivity contribution in [2.45, 2.75) is 32.8 Å². The van der Waals surface area contributed by atoms with E-state index in [1.54, 1.807) is 18.2 Å². The number of nitrogens with zero attached hydrogens (tertiary/aromatic N) is 5. The SMILES string of the molecule is CC(C)(C)c1ccc(COc2ccc(-c3ncc(C(=O)O)c(=O)[nH]3)cc2-n2cnnn2)cc1. The van der Waals surface area contributed by atoms with E-state index in [1.807, 2.05) is 12.1 Å². The highest BCUT2D eigenvalue weighted by Crippen LogP contribution is 2.28. The van der Waals surface area contributed by atoms with E-state index in [-0.39, 0.29) is 11.2 Å². The molecule has 0 amide bonds. The number of aromatic amines is 1. The summed E-state index contributed by atoms with van der Waals surface area (Å²) < 4.78 is 7.49. The first-order chi connectivity index (χ1) is 15.7. The molecule has 2 aromatic carbocycles. The second kappa shape index (κ2) is 8.65. The van der Waals surface area contributed by atoms with E-state index in [0.29, 0.717) is 23.6 Å². The fraction of sp³-hybridized carbons (Fsp3) is 0.217. The monoisotopic (exact) mass is 446 g/mol. The number of rotatable bonds is 6. The average Bonchev–Trinajstić information content (AvgIpc) is 3.32. The lowest BCUT2D eigenvalue weighted by molar-refractivity contribution is 0.0694. The molecule has 2 heterocycles. The van der Waals surface area contributed by atoms with Crippen LogP contribution in [0.5, 0.6) is 5.75 Å². The van der Waals surface area contributed by atoms with Gasteiger partial charge in [0.25, 0.3) is 5.56 Å². The number of ether oxygens (including phenoxy) is 1. The van der Waals surface area contributed by atoms with Crippen molar-refractivity contribution in [1.29, 1.82) is 0 Å². The Morgan fingerprint density at radius 2 is 1.91 bits per heavy atom. The van der Waals surface area contributed by atoms with Crippen molar-refractivity contribution in [3.05, 3.63) is 82.0 Å². The molecular formula is C23H22N6O4. The van der Waals surface area contributed by atoms with E-state index in [1.165, 1.54) is 16.6 Å². The van der Waals surface area contributed by atoms with Crippen LogP contribution in [-0.4, -0.2) is 41.3 Å². The van der Waals surface area contributed by atoms with Gasteiger partial charge in [-0.05, 0) is 45.2 Å². The molecule has 0 aliphatic heterocycles. The number of carboxylic acids is 1. The van der Waals surface area contributed by atoms with Crippen LogP contribution in [0, 0.1) is 0 Å². The van der Waals surface area contributed by atoms with Crippen molar-refractivity contribution in [3.63, 3.8) is 0 Å². The highest BCUT2D eigenvalue weighted by Gasteiger charge is 2.15. The van der Waals surface area contributed by atoms with Crippen LogP contribution >= 0.6 is 0 Å². The van der Waals surface area contributed by atoms with Crippen LogP contribution in [0.25, 0.3) is 17.1 Å². The zero-order valence-electron chi connectivity index (χ0n) is 18.3. The van der Waals surface area contributed by atoms with E-state index in [9.17, 15) is 9.59 Å². The third kappa shape index (κ3) is 4.79.